The molecular weight excluding hydrogens is 402 g/mol. The Morgan fingerprint density at radius 1 is 1.15 bits per heavy atom. The number of amides is 1. The Bertz CT molecular complexity index is 1020. The zero-order valence-corrected chi connectivity index (χ0v) is 15.3. The van der Waals surface area contributed by atoms with Gasteiger partial charge in [-0.25, -0.2) is 13.2 Å². The summed E-state index contributed by atoms with van der Waals surface area (Å²) in [5, 5.41) is 6.68. The molecule has 3 rings (SSSR count). The summed E-state index contributed by atoms with van der Waals surface area (Å²) in [6, 6.07) is 8.51. The van der Waals surface area contributed by atoms with E-state index in [9.17, 15) is 18.0 Å². The van der Waals surface area contributed by atoms with Gasteiger partial charge in [-0.1, -0.05) is 29.3 Å². The van der Waals surface area contributed by atoms with Crippen molar-refractivity contribution in [3.05, 3.63) is 69.7 Å². The van der Waals surface area contributed by atoms with E-state index in [0.717, 1.165) is 10.7 Å². The lowest BCUT2D eigenvalue weighted by Gasteiger charge is -2.12. The van der Waals surface area contributed by atoms with Crippen molar-refractivity contribution < 1.29 is 18.0 Å². The molecule has 0 fully saturated rings. The fourth-order valence-corrected chi connectivity index (χ4v) is 2.86. The van der Waals surface area contributed by atoms with Gasteiger partial charge in [-0.15, -0.1) is 0 Å². The van der Waals surface area contributed by atoms with E-state index in [4.69, 9.17) is 23.2 Å². The molecule has 0 aliphatic heterocycles. The summed E-state index contributed by atoms with van der Waals surface area (Å²) in [7, 11) is 1.42. The van der Waals surface area contributed by atoms with Crippen LogP contribution in [0.4, 0.5) is 18.9 Å². The predicted octanol–water partition coefficient (Wildman–Crippen LogP) is 5.72. The third-order valence-corrected chi connectivity index (χ3v) is 4.51. The van der Waals surface area contributed by atoms with Gasteiger partial charge in [0, 0.05) is 18.8 Å². The van der Waals surface area contributed by atoms with E-state index < -0.39 is 23.8 Å². The fraction of sp³-hybridized carbons (Fsp3) is 0.111. The molecule has 9 heteroatoms. The lowest BCUT2D eigenvalue weighted by Crippen LogP contribution is -2.14. The van der Waals surface area contributed by atoms with Crippen molar-refractivity contribution in [1.82, 2.24) is 9.78 Å². The van der Waals surface area contributed by atoms with Gasteiger partial charge in [-0.3, -0.25) is 9.48 Å². The summed E-state index contributed by atoms with van der Waals surface area (Å²) < 4.78 is 41.0. The van der Waals surface area contributed by atoms with E-state index in [1.54, 1.807) is 18.2 Å². The number of carbonyl (C=O) groups is 1. The van der Waals surface area contributed by atoms with Gasteiger partial charge < -0.3 is 5.32 Å². The average Bonchev–Trinajstić information content (AvgIpc) is 3.00. The van der Waals surface area contributed by atoms with Gasteiger partial charge in [0.15, 0.2) is 0 Å². The number of rotatable bonds is 4. The van der Waals surface area contributed by atoms with Crippen LogP contribution in [0, 0.1) is 5.82 Å². The number of hydrogen-bond donors (Lipinski definition) is 1. The molecule has 4 nitrogen and oxygen atoms in total. The van der Waals surface area contributed by atoms with E-state index in [2.05, 4.69) is 10.4 Å². The first-order valence-electron chi connectivity index (χ1n) is 7.64. The smallest absolute Gasteiger partial charge is 0.282 e. The minimum absolute atomic E-state index is 0.0995. The van der Waals surface area contributed by atoms with Crippen molar-refractivity contribution in [2.75, 3.05) is 5.32 Å². The number of aromatic nitrogens is 2. The Morgan fingerprint density at radius 2 is 1.89 bits per heavy atom. The van der Waals surface area contributed by atoms with Gasteiger partial charge in [0.2, 0.25) is 0 Å². The van der Waals surface area contributed by atoms with Crippen LogP contribution in [-0.2, 0) is 7.05 Å². The molecule has 1 aromatic heterocycles. The van der Waals surface area contributed by atoms with Gasteiger partial charge in [-0.2, -0.15) is 5.10 Å². The van der Waals surface area contributed by atoms with Crippen LogP contribution in [0.1, 0.15) is 22.5 Å². The summed E-state index contributed by atoms with van der Waals surface area (Å²) in [6.07, 6.45) is -1.75. The molecule has 0 unspecified atom stereocenters. The average molecular weight is 414 g/mol. The number of nitrogens with zero attached hydrogens (tertiary/aromatic N) is 2. The molecule has 0 radical (unpaired) electrons. The minimum atomic E-state index is -2.92. The van der Waals surface area contributed by atoms with E-state index >= 15 is 0 Å². The van der Waals surface area contributed by atoms with E-state index in [-0.39, 0.29) is 16.3 Å². The zero-order valence-electron chi connectivity index (χ0n) is 13.8. The molecule has 1 amide bonds. The maximum atomic E-state index is 13.7. The van der Waals surface area contributed by atoms with Crippen LogP contribution in [0.3, 0.4) is 0 Å². The van der Waals surface area contributed by atoms with Gasteiger partial charge in [0.25, 0.3) is 12.3 Å². The van der Waals surface area contributed by atoms with Crippen LogP contribution >= 0.6 is 23.2 Å². The van der Waals surface area contributed by atoms with Crippen LogP contribution < -0.4 is 5.32 Å². The number of hydrogen-bond acceptors (Lipinski definition) is 2. The van der Waals surface area contributed by atoms with Gasteiger partial charge in [0.05, 0.1) is 21.3 Å². The Labute approximate surface area is 162 Å². The monoisotopic (exact) mass is 413 g/mol. The summed E-state index contributed by atoms with van der Waals surface area (Å²) >= 11 is 11.9. The zero-order chi connectivity index (χ0) is 19.7. The quantitative estimate of drug-likeness (QED) is 0.594. The molecule has 0 spiro atoms. The van der Waals surface area contributed by atoms with E-state index in [0.29, 0.717) is 16.1 Å². The SMILES string of the molecule is Cn1cc(C(=O)Nc2cc(F)ccc2-c2ccc(Cl)c(Cl)c2)c(C(F)F)n1. The first-order valence-corrected chi connectivity index (χ1v) is 8.40. The molecule has 0 bridgehead atoms. The Hall–Kier alpha value is -2.51. The lowest BCUT2D eigenvalue weighted by molar-refractivity contribution is 0.101. The molecule has 0 saturated heterocycles. The largest absolute Gasteiger partial charge is 0.321 e. The van der Waals surface area contributed by atoms with Gasteiger partial charge in [-0.05, 0) is 35.9 Å². The topological polar surface area (TPSA) is 46.9 Å². The highest BCUT2D eigenvalue weighted by atomic mass is 35.5. The third-order valence-electron chi connectivity index (χ3n) is 3.77. The maximum Gasteiger partial charge on any atom is 0.282 e. The van der Waals surface area contributed by atoms with Crippen molar-refractivity contribution in [2.45, 2.75) is 6.43 Å². The van der Waals surface area contributed by atoms with Crippen molar-refractivity contribution in [1.29, 1.82) is 0 Å². The van der Waals surface area contributed by atoms with Crippen molar-refractivity contribution in [3.8, 4) is 11.1 Å². The number of anilines is 1. The highest BCUT2D eigenvalue weighted by Gasteiger charge is 2.23. The summed E-state index contributed by atoms with van der Waals surface area (Å²) in [5.41, 5.74) is 0.174. The van der Waals surface area contributed by atoms with E-state index in [1.165, 1.54) is 25.4 Å². The minimum Gasteiger partial charge on any atom is -0.321 e. The molecule has 0 atom stereocenters. The number of aryl methyl sites for hydroxylation is 1. The molecule has 27 heavy (non-hydrogen) atoms. The molecule has 0 aliphatic carbocycles. The third kappa shape index (κ3) is 4.09. The Balaban J connectivity index is 2.01. The highest BCUT2D eigenvalue weighted by molar-refractivity contribution is 6.42. The summed E-state index contributed by atoms with van der Waals surface area (Å²) in [6.45, 7) is 0. The Morgan fingerprint density at radius 3 is 2.56 bits per heavy atom. The number of alkyl halides is 2. The lowest BCUT2D eigenvalue weighted by atomic mass is 10.0. The normalized spacial score (nSPS) is 11.1. The van der Waals surface area contributed by atoms with Crippen LogP contribution in [0.15, 0.2) is 42.6 Å². The van der Waals surface area contributed by atoms with Crippen molar-refractivity contribution >= 4 is 34.8 Å². The predicted molar refractivity (Wildman–Crippen MR) is 98.0 cm³/mol. The van der Waals surface area contributed by atoms with Gasteiger partial charge >= 0.3 is 0 Å². The van der Waals surface area contributed by atoms with Crippen LogP contribution in [-0.4, -0.2) is 15.7 Å². The second kappa shape index (κ2) is 7.62. The molecule has 140 valence electrons. The van der Waals surface area contributed by atoms with Crippen LogP contribution in [0.2, 0.25) is 10.0 Å². The molecule has 1 heterocycles. The number of halogens is 5. The first-order chi connectivity index (χ1) is 12.8. The molecule has 1 N–H and O–H groups in total. The van der Waals surface area contributed by atoms with Crippen molar-refractivity contribution in [2.24, 2.45) is 7.05 Å². The second-order valence-electron chi connectivity index (χ2n) is 5.68. The van der Waals surface area contributed by atoms with E-state index in [1.807, 2.05) is 0 Å². The molecule has 2 aromatic carbocycles. The van der Waals surface area contributed by atoms with Gasteiger partial charge in [0.1, 0.15) is 11.5 Å². The second-order valence-corrected chi connectivity index (χ2v) is 6.49. The standard InChI is InChI=1S/C18H12Cl2F3N3O/c1-26-8-12(16(25-26)17(22)23)18(27)24-15-7-10(21)3-4-11(15)9-2-5-13(19)14(20)6-9/h2-8,17H,1H3,(H,24,27). The molecule has 0 saturated carbocycles. The van der Waals surface area contributed by atoms with Crippen LogP contribution in [0.5, 0.6) is 0 Å². The molecule has 0 aliphatic rings. The van der Waals surface area contributed by atoms with Crippen molar-refractivity contribution in [3.63, 3.8) is 0 Å². The van der Waals surface area contributed by atoms with Crippen LogP contribution in [0.25, 0.3) is 11.1 Å². The summed E-state index contributed by atoms with van der Waals surface area (Å²) in [5.74, 6) is -1.43. The highest BCUT2D eigenvalue weighted by Crippen LogP contribution is 2.34. The fourth-order valence-electron chi connectivity index (χ4n) is 2.57. The number of carbonyl (C=O) groups excluding carboxylic acids is 1. The maximum absolute atomic E-state index is 13.7. The number of nitrogens with one attached hydrogen (secondary N) is 1. The first kappa shape index (κ1) is 19.3. The number of benzene rings is 2. The molecular formula is C18H12Cl2F3N3O. The Kier molecular flexibility index (Phi) is 5.43. The molecule has 3 aromatic rings. The summed E-state index contributed by atoms with van der Waals surface area (Å²) in [4.78, 5) is 12.5.